The number of carbonyl (C=O) groups excluding carboxylic acids is 1. The zero-order valence-electron chi connectivity index (χ0n) is 14.0. The lowest BCUT2D eigenvalue weighted by atomic mass is 9.85. The number of H-pyrrole nitrogens is 1. The van der Waals surface area contributed by atoms with Gasteiger partial charge in [0.25, 0.3) is 0 Å². The number of hydrogen-bond donors (Lipinski definition) is 1. The number of aromatic amines is 1. The van der Waals surface area contributed by atoms with Crippen molar-refractivity contribution in [1.29, 1.82) is 0 Å². The standard InChI is InChI=1S/C18H22F2N4O/c19-18(20)7-5-12(6-8-18)17(25)24-9-1-2-14(11-24)15-4-3-13-10-21-23-16(13)22-15/h3-4,10,12,14H,1-2,5-9,11H2,(H,21,22,23)/t14-/m1/s1. The summed E-state index contributed by atoms with van der Waals surface area (Å²) in [6.45, 7) is 1.34. The van der Waals surface area contributed by atoms with Crippen LogP contribution >= 0.6 is 0 Å². The predicted molar refractivity (Wildman–Crippen MR) is 89.3 cm³/mol. The molecular weight excluding hydrogens is 326 g/mol. The van der Waals surface area contributed by atoms with Crippen molar-refractivity contribution >= 4 is 16.9 Å². The molecule has 1 aliphatic heterocycles. The normalized spacial score (nSPS) is 24.6. The fourth-order valence-corrected chi connectivity index (χ4v) is 4.03. The Morgan fingerprint density at radius 3 is 2.84 bits per heavy atom. The van der Waals surface area contributed by atoms with Gasteiger partial charge in [-0.1, -0.05) is 0 Å². The number of alkyl halides is 2. The number of nitrogens with zero attached hydrogens (tertiary/aromatic N) is 3. The van der Waals surface area contributed by atoms with Crippen LogP contribution in [0.15, 0.2) is 18.3 Å². The number of halogens is 2. The fourth-order valence-electron chi connectivity index (χ4n) is 4.03. The highest BCUT2D eigenvalue weighted by Crippen LogP contribution is 2.37. The van der Waals surface area contributed by atoms with Gasteiger partial charge in [-0.05, 0) is 37.8 Å². The molecule has 1 saturated carbocycles. The van der Waals surface area contributed by atoms with Crippen LogP contribution in [0, 0.1) is 5.92 Å². The van der Waals surface area contributed by atoms with Gasteiger partial charge in [0.2, 0.25) is 11.8 Å². The summed E-state index contributed by atoms with van der Waals surface area (Å²) in [5.74, 6) is -2.61. The molecule has 25 heavy (non-hydrogen) atoms. The number of rotatable bonds is 2. The van der Waals surface area contributed by atoms with E-state index in [1.54, 1.807) is 6.20 Å². The molecule has 2 fully saturated rings. The van der Waals surface area contributed by atoms with E-state index < -0.39 is 5.92 Å². The molecule has 0 aromatic carbocycles. The van der Waals surface area contributed by atoms with E-state index in [-0.39, 0.29) is 30.6 Å². The number of likely N-dealkylation sites (tertiary alicyclic amines) is 1. The van der Waals surface area contributed by atoms with Crippen LogP contribution in [0.25, 0.3) is 11.0 Å². The van der Waals surface area contributed by atoms with Crippen molar-refractivity contribution in [3.63, 3.8) is 0 Å². The predicted octanol–water partition coefficient (Wildman–Crippen LogP) is 3.49. The Bertz CT molecular complexity index is 765. The Balaban J connectivity index is 1.44. The number of hydrogen-bond acceptors (Lipinski definition) is 3. The molecule has 1 saturated heterocycles. The van der Waals surface area contributed by atoms with E-state index in [1.807, 2.05) is 17.0 Å². The molecule has 2 aromatic heterocycles. The lowest BCUT2D eigenvalue weighted by Gasteiger charge is -2.36. The van der Waals surface area contributed by atoms with Crippen molar-refractivity contribution in [2.45, 2.75) is 50.4 Å². The molecular formula is C18H22F2N4O. The van der Waals surface area contributed by atoms with Crippen LogP contribution in [0.1, 0.15) is 50.1 Å². The van der Waals surface area contributed by atoms with Crippen molar-refractivity contribution in [3.05, 3.63) is 24.0 Å². The van der Waals surface area contributed by atoms with E-state index in [2.05, 4.69) is 15.2 Å². The average molecular weight is 348 g/mol. The Morgan fingerprint density at radius 2 is 2.04 bits per heavy atom. The number of piperidine rings is 1. The molecule has 4 rings (SSSR count). The minimum absolute atomic E-state index is 0.0443. The van der Waals surface area contributed by atoms with E-state index in [4.69, 9.17) is 0 Å². The third-order valence-corrected chi connectivity index (χ3v) is 5.54. The van der Waals surface area contributed by atoms with Gasteiger partial charge in [-0.3, -0.25) is 9.89 Å². The van der Waals surface area contributed by atoms with Gasteiger partial charge in [0.15, 0.2) is 5.65 Å². The second-order valence-corrected chi connectivity index (χ2v) is 7.30. The fraction of sp³-hybridized carbons (Fsp3) is 0.611. The Hall–Kier alpha value is -2.05. The van der Waals surface area contributed by atoms with Crippen molar-refractivity contribution in [3.8, 4) is 0 Å². The highest BCUT2D eigenvalue weighted by atomic mass is 19.3. The Labute approximate surface area is 144 Å². The van der Waals surface area contributed by atoms with Gasteiger partial charge in [-0.15, -0.1) is 0 Å². The summed E-state index contributed by atoms with van der Waals surface area (Å²) >= 11 is 0. The first kappa shape index (κ1) is 16.4. The van der Waals surface area contributed by atoms with Gasteiger partial charge in [0.1, 0.15) is 0 Å². The number of nitrogens with one attached hydrogen (secondary N) is 1. The number of aromatic nitrogens is 3. The van der Waals surface area contributed by atoms with Crippen LogP contribution < -0.4 is 0 Å². The van der Waals surface area contributed by atoms with Gasteiger partial charge < -0.3 is 4.90 Å². The molecule has 1 aliphatic carbocycles. The summed E-state index contributed by atoms with van der Waals surface area (Å²) in [5, 5.41) is 7.84. The summed E-state index contributed by atoms with van der Waals surface area (Å²) in [5.41, 5.74) is 1.72. The van der Waals surface area contributed by atoms with Crippen LogP contribution in [0.5, 0.6) is 0 Å². The number of carbonyl (C=O) groups is 1. The molecule has 2 aromatic rings. The van der Waals surface area contributed by atoms with Crippen LogP contribution in [0.3, 0.4) is 0 Å². The smallest absolute Gasteiger partial charge is 0.248 e. The van der Waals surface area contributed by atoms with Gasteiger partial charge in [0.05, 0.1) is 6.20 Å². The minimum atomic E-state index is -2.59. The summed E-state index contributed by atoms with van der Waals surface area (Å²) in [6, 6.07) is 3.99. The molecule has 0 unspecified atom stereocenters. The molecule has 1 amide bonds. The van der Waals surface area contributed by atoms with Crippen molar-refractivity contribution < 1.29 is 13.6 Å². The van der Waals surface area contributed by atoms with Gasteiger partial charge >= 0.3 is 0 Å². The molecule has 0 bridgehead atoms. The maximum absolute atomic E-state index is 13.3. The lowest BCUT2D eigenvalue weighted by Crippen LogP contribution is -2.44. The topological polar surface area (TPSA) is 61.9 Å². The summed E-state index contributed by atoms with van der Waals surface area (Å²) in [6.07, 6.45) is 3.90. The van der Waals surface area contributed by atoms with E-state index >= 15 is 0 Å². The lowest BCUT2D eigenvalue weighted by molar-refractivity contribution is -0.140. The Morgan fingerprint density at radius 1 is 1.24 bits per heavy atom. The van der Waals surface area contributed by atoms with Crippen LogP contribution in [-0.2, 0) is 4.79 Å². The highest BCUT2D eigenvalue weighted by molar-refractivity contribution is 5.79. The van der Waals surface area contributed by atoms with E-state index in [0.717, 1.165) is 29.6 Å². The van der Waals surface area contributed by atoms with Gasteiger partial charge in [-0.25, -0.2) is 13.8 Å². The zero-order chi connectivity index (χ0) is 17.4. The zero-order valence-corrected chi connectivity index (χ0v) is 14.0. The first-order chi connectivity index (χ1) is 12.0. The first-order valence-electron chi connectivity index (χ1n) is 8.98. The molecule has 7 heteroatoms. The minimum Gasteiger partial charge on any atom is -0.342 e. The molecule has 134 valence electrons. The maximum atomic E-state index is 13.3. The maximum Gasteiger partial charge on any atom is 0.248 e. The van der Waals surface area contributed by atoms with Gasteiger partial charge in [0, 0.05) is 48.8 Å². The second-order valence-electron chi connectivity index (χ2n) is 7.30. The molecule has 0 radical (unpaired) electrons. The molecule has 0 spiro atoms. The Kier molecular flexibility index (Phi) is 4.17. The third-order valence-electron chi connectivity index (χ3n) is 5.54. The number of amides is 1. The van der Waals surface area contributed by atoms with Crippen LogP contribution in [-0.4, -0.2) is 45.0 Å². The summed E-state index contributed by atoms with van der Waals surface area (Å²) < 4.78 is 26.7. The van der Waals surface area contributed by atoms with Gasteiger partial charge in [-0.2, -0.15) is 5.10 Å². The monoisotopic (exact) mass is 348 g/mol. The quantitative estimate of drug-likeness (QED) is 0.904. The summed E-state index contributed by atoms with van der Waals surface area (Å²) in [7, 11) is 0. The van der Waals surface area contributed by atoms with Crippen LogP contribution in [0.4, 0.5) is 8.78 Å². The van der Waals surface area contributed by atoms with E-state index in [1.165, 1.54) is 0 Å². The van der Waals surface area contributed by atoms with Crippen molar-refractivity contribution in [2.24, 2.45) is 5.92 Å². The second kappa shape index (κ2) is 6.35. The summed E-state index contributed by atoms with van der Waals surface area (Å²) in [4.78, 5) is 19.2. The number of pyridine rings is 1. The van der Waals surface area contributed by atoms with Crippen molar-refractivity contribution in [2.75, 3.05) is 13.1 Å². The SMILES string of the molecule is O=C(C1CCC(F)(F)CC1)N1CCC[C@@H](c2ccc3cn[nH]c3n2)C1. The van der Waals surface area contributed by atoms with E-state index in [0.29, 0.717) is 25.9 Å². The average Bonchev–Trinajstić information content (AvgIpc) is 3.09. The van der Waals surface area contributed by atoms with Crippen molar-refractivity contribution in [1.82, 2.24) is 20.1 Å². The highest BCUT2D eigenvalue weighted by Gasteiger charge is 2.39. The molecule has 2 aliphatic rings. The van der Waals surface area contributed by atoms with E-state index in [9.17, 15) is 13.6 Å². The first-order valence-corrected chi connectivity index (χ1v) is 8.98. The molecule has 3 heterocycles. The molecule has 1 N–H and O–H groups in total. The molecule has 1 atom stereocenters. The third kappa shape index (κ3) is 3.37. The van der Waals surface area contributed by atoms with Crippen LogP contribution in [0.2, 0.25) is 0 Å². The largest absolute Gasteiger partial charge is 0.342 e. The number of fused-ring (bicyclic) bond motifs is 1. The molecule has 5 nitrogen and oxygen atoms in total.